The van der Waals surface area contributed by atoms with Crippen molar-refractivity contribution >= 4 is 5.91 Å². The predicted octanol–water partition coefficient (Wildman–Crippen LogP) is 2.46. The van der Waals surface area contributed by atoms with Crippen LogP contribution in [-0.4, -0.2) is 12.1 Å². The summed E-state index contributed by atoms with van der Waals surface area (Å²) < 4.78 is 36.6. The monoisotopic (exact) mass is 219 g/mol. The lowest BCUT2D eigenvalue weighted by atomic mass is 9.95. The van der Waals surface area contributed by atoms with Crippen LogP contribution in [0.2, 0.25) is 0 Å². The maximum atomic E-state index is 12.2. The molecular weight excluding hydrogens is 207 g/mol. The van der Waals surface area contributed by atoms with Crippen LogP contribution >= 0.6 is 0 Å². The molecule has 1 aliphatic carbocycles. The van der Waals surface area contributed by atoms with Crippen molar-refractivity contribution in [2.45, 2.75) is 31.9 Å². The van der Waals surface area contributed by atoms with E-state index in [0.29, 0.717) is 12.8 Å². The SMILES string of the molecule is NC(=O)CCC1=CC=C(C(F)(F)F)CC1. The van der Waals surface area contributed by atoms with E-state index < -0.39 is 17.7 Å². The number of rotatable bonds is 3. The minimum Gasteiger partial charge on any atom is -0.370 e. The Labute approximate surface area is 85.6 Å². The smallest absolute Gasteiger partial charge is 0.370 e. The maximum absolute atomic E-state index is 12.2. The van der Waals surface area contributed by atoms with Crippen molar-refractivity contribution in [3.05, 3.63) is 23.3 Å². The van der Waals surface area contributed by atoms with Crippen molar-refractivity contribution in [1.82, 2.24) is 0 Å². The largest absolute Gasteiger partial charge is 0.412 e. The third kappa shape index (κ3) is 3.77. The summed E-state index contributed by atoms with van der Waals surface area (Å²) in [5.74, 6) is -0.429. The lowest BCUT2D eigenvalue weighted by Crippen LogP contribution is -2.14. The number of hydrogen-bond acceptors (Lipinski definition) is 1. The summed E-state index contributed by atoms with van der Waals surface area (Å²) in [6.07, 6.45) is -0.703. The first kappa shape index (κ1) is 11.8. The van der Waals surface area contributed by atoms with E-state index in [1.807, 2.05) is 0 Å². The Bertz CT molecular complexity index is 315. The van der Waals surface area contributed by atoms with Gasteiger partial charge in [0, 0.05) is 12.0 Å². The van der Waals surface area contributed by atoms with Gasteiger partial charge in [-0.25, -0.2) is 0 Å². The van der Waals surface area contributed by atoms with Crippen molar-refractivity contribution in [3.63, 3.8) is 0 Å². The Balaban J connectivity index is 2.57. The molecule has 1 amide bonds. The quantitative estimate of drug-likeness (QED) is 0.778. The number of amides is 1. The van der Waals surface area contributed by atoms with Gasteiger partial charge in [0.15, 0.2) is 0 Å². The Morgan fingerprint density at radius 1 is 1.33 bits per heavy atom. The summed E-state index contributed by atoms with van der Waals surface area (Å²) in [5, 5.41) is 0. The topological polar surface area (TPSA) is 43.1 Å². The average Bonchev–Trinajstić information content (AvgIpc) is 2.14. The summed E-state index contributed by atoms with van der Waals surface area (Å²) in [6, 6.07) is 0. The van der Waals surface area contributed by atoms with Gasteiger partial charge in [-0.1, -0.05) is 17.7 Å². The van der Waals surface area contributed by atoms with Gasteiger partial charge in [-0.2, -0.15) is 13.2 Å². The zero-order valence-corrected chi connectivity index (χ0v) is 8.10. The van der Waals surface area contributed by atoms with Gasteiger partial charge in [0.25, 0.3) is 0 Å². The van der Waals surface area contributed by atoms with Crippen LogP contribution in [0.4, 0.5) is 13.2 Å². The van der Waals surface area contributed by atoms with Crippen LogP contribution in [0, 0.1) is 0 Å². The van der Waals surface area contributed by atoms with Gasteiger partial charge in [-0.3, -0.25) is 4.79 Å². The molecule has 0 aromatic heterocycles. The van der Waals surface area contributed by atoms with Crippen LogP contribution in [-0.2, 0) is 4.79 Å². The summed E-state index contributed by atoms with van der Waals surface area (Å²) >= 11 is 0. The molecule has 0 spiro atoms. The third-order valence-electron chi connectivity index (χ3n) is 2.29. The molecule has 5 heteroatoms. The van der Waals surface area contributed by atoms with Crippen molar-refractivity contribution in [1.29, 1.82) is 0 Å². The van der Waals surface area contributed by atoms with Crippen molar-refractivity contribution < 1.29 is 18.0 Å². The Kier molecular flexibility index (Phi) is 3.55. The zero-order chi connectivity index (χ0) is 11.5. The van der Waals surface area contributed by atoms with E-state index in [-0.39, 0.29) is 12.8 Å². The first-order chi connectivity index (χ1) is 6.89. The number of halogens is 3. The molecule has 0 heterocycles. The fourth-order valence-electron chi connectivity index (χ4n) is 1.41. The summed E-state index contributed by atoms with van der Waals surface area (Å²) in [6.45, 7) is 0. The fraction of sp³-hybridized carbons (Fsp3) is 0.500. The first-order valence-corrected chi connectivity index (χ1v) is 4.63. The number of carbonyl (C=O) groups is 1. The lowest BCUT2D eigenvalue weighted by Gasteiger charge is -2.16. The normalized spacial score (nSPS) is 17.0. The molecular formula is C10H12F3NO. The van der Waals surface area contributed by atoms with Gasteiger partial charge in [0.05, 0.1) is 0 Å². The number of nitrogens with two attached hydrogens (primary N) is 1. The van der Waals surface area contributed by atoms with E-state index in [9.17, 15) is 18.0 Å². The Morgan fingerprint density at radius 3 is 2.40 bits per heavy atom. The van der Waals surface area contributed by atoms with E-state index in [1.165, 1.54) is 6.08 Å². The molecule has 1 rings (SSSR count). The van der Waals surface area contributed by atoms with Crippen LogP contribution in [0.15, 0.2) is 23.3 Å². The highest BCUT2D eigenvalue weighted by molar-refractivity contribution is 5.74. The molecule has 0 saturated carbocycles. The molecule has 0 radical (unpaired) electrons. The van der Waals surface area contributed by atoms with Crippen molar-refractivity contribution in [3.8, 4) is 0 Å². The molecule has 0 aliphatic heterocycles. The third-order valence-corrected chi connectivity index (χ3v) is 2.29. The number of hydrogen-bond donors (Lipinski definition) is 1. The number of alkyl halides is 3. The Morgan fingerprint density at radius 2 is 2.00 bits per heavy atom. The van der Waals surface area contributed by atoms with Crippen molar-refractivity contribution in [2.75, 3.05) is 0 Å². The molecule has 0 atom stereocenters. The molecule has 15 heavy (non-hydrogen) atoms. The van der Waals surface area contributed by atoms with E-state index in [1.54, 1.807) is 0 Å². The number of carbonyl (C=O) groups excluding carboxylic acids is 1. The summed E-state index contributed by atoms with van der Waals surface area (Å²) in [7, 11) is 0. The highest BCUT2D eigenvalue weighted by Gasteiger charge is 2.33. The van der Waals surface area contributed by atoms with Crippen molar-refractivity contribution in [2.24, 2.45) is 5.73 Å². The van der Waals surface area contributed by atoms with Gasteiger partial charge in [0.2, 0.25) is 5.91 Å². The van der Waals surface area contributed by atoms with Crippen LogP contribution < -0.4 is 5.73 Å². The van der Waals surface area contributed by atoms with Crippen LogP contribution in [0.1, 0.15) is 25.7 Å². The minimum atomic E-state index is -4.23. The molecule has 0 fully saturated rings. The maximum Gasteiger partial charge on any atom is 0.412 e. The van der Waals surface area contributed by atoms with Crippen LogP contribution in [0.5, 0.6) is 0 Å². The number of allylic oxidation sites excluding steroid dienone is 4. The molecule has 2 N–H and O–H groups in total. The molecule has 2 nitrogen and oxygen atoms in total. The van der Waals surface area contributed by atoms with E-state index in [4.69, 9.17) is 5.73 Å². The lowest BCUT2D eigenvalue weighted by molar-refractivity contribution is -0.118. The molecule has 0 saturated heterocycles. The second-order valence-electron chi connectivity index (χ2n) is 3.48. The van der Waals surface area contributed by atoms with E-state index >= 15 is 0 Å². The second kappa shape index (κ2) is 4.51. The highest BCUT2D eigenvalue weighted by atomic mass is 19.4. The molecule has 0 aromatic carbocycles. The molecule has 1 aliphatic rings. The summed E-state index contributed by atoms with van der Waals surface area (Å²) in [4.78, 5) is 10.5. The standard InChI is InChI=1S/C10H12F3NO/c11-10(12,13)8-4-1-7(2-5-8)3-6-9(14)15/h1,4H,2-3,5-6H2,(H2,14,15). The van der Waals surface area contributed by atoms with Gasteiger partial charge in [0.1, 0.15) is 0 Å². The summed E-state index contributed by atoms with van der Waals surface area (Å²) in [5.41, 5.74) is 5.28. The molecule has 0 bridgehead atoms. The number of primary amides is 1. The minimum absolute atomic E-state index is 0.00586. The first-order valence-electron chi connectivity index (χ1n) is 4.63. The van der Waals surface area contributed by atoms with Gasteiger partial charge < -0.3 is 5.73 Å². The van der Waals surface area contributed by atoms with Gasteiger partial charge >= 0.3 is 6.18 Å². The molecule has 0 aromatic rings. The van der Waals surface area contributed by atoms with E-state index in [0.717, 1.165) is 11.6 Å². The van der Waals surface area contributed by atoms with E-state index in [2.05, 4.69) is 0 Å². The highest BCUT2D eigenvalue weighted by Crippen LogP contribution is 2.33. The molecule has 0 unspecified atom stereocenters. The molecule has 84 valence electrons. The van der Waals surface area contributed by atoms with Gasteiger partial charge in [-0.05, 0) is 19.3 Å². The second-order valence-corrected chi connectivity index (χ2v) is 3.48. The predicted molar refractivity (Wildman–Crippen MR) is 49.9 cm³/mol. The fourth-order valence-corrected chi connectivity index (χ4v) is 1.41. The van der Waals surface area contributed by atoms with Crippen LogP contribution in [0.25, 0.3) is 0 Å². The van der Waals surface area contributed by atoms with Gasteiger partial charge in [-0.15, -0.1) is 0 Å². The zero-order valence-electron chi connectivity index (χ0n) is 8.10. The Hall–Kier alpha value is -1.26. The van der Waals surface area contributed by atoms with Crippen LogP contribution in [0.3, 0.4) is 0 Å². The average molecular weight is 219 g/mol.